The summed E-state index contributed by atoms with van der Waals surface area (Å²) in [6.07, 6.45) is 2.64. The van der Waals surface area contributed by atoms with E-state index < -0.39 is 6.09 Å². The number of nitrogens with one attached hydrogen (secondary N) is 1. The van der Waals surface area contributed by atoms with Crippen LogP contribution in [0.5, 0.6) is 0 Å². The molecular weight excluding hydrogens is 448 g/mol. The van der Waals surface area contributed by atoms with Gasteiger partial charge in [-0.15, -0.1) is 0 Å². The SMILES string of the molecule is O=C(O)NCCn1c(CC2CC2)nc(I)c1I. The van der Waals surface area contributed by atoms with Gasteiger partial charge in [0.25, 0.3) is 0 Å². The Kier molecular flexibility index (Phi) is 4.50. The fourth-order valence-electron chi connectivity index (χ4n) is 1.68. The molecule has 0 aliphatic heterocycles. The molecule has 0 bridgehead atoms. The van der Waals surface area contributed by atoms with Gasteiger partial charge in [-0.1, -0.05) is 0 Å². The lowest BCUT2D eigenvalue weighted by molar-refractivity contribution is 0.194. The monoisotopic (exact) mass is 461 g/mol. The Morgan fingerprint density at radius 1 is 1.53 bits per heavy atom. The number of amides is 1. The van der Waals surface area contributed by atoms with Gasteiger partial charge in [-0.3, -0.25) is 0 Å². The summed E-state index contributed by atoms with van der Waals surface area (Å²) in [7, 11) is 0. The number of hydrogen-bond acceptors (Lipinski definition) is 2. The molecule has 7 heteroatoms. The van der Waals surface area contributed by atoms with Crippen molar-refractivity contribution < 1.29 is 9.90 Å². The second kappa shape index (κ2) is 5.72. The number of aromatic nitrogens is 2. The number of rotatable bonds is 5. The Morgan fingerprint density at radius 2 is 2.24 bits per heavy atom. The van der Waals surface area contributed by atoms with Crippen molar-refractivity contribution in [2.45, 2.75) is 25.8 Å². The highest BCUT2D eigenvalue weighted by molar-refractivity contribution is 14.1. The third-order valence-corrected chi connectivity index (χ3v) is 5.60. The van der Waals surface area contributed by atoms with Crippen LogP contribution in [-0.4, -0.2) is 27.3 Å². The number of carbonyl (C=O) groups is 1. The van der Waals surface area contributed by atoms with Crippen LogP contribution < -0.4 is 5.32 Å². The van der Waals surface area contributed by atoms with E-state index in [1.165, 1.54) is 12.8 Å². The van der Waals surface area contributed by atoms with Crippen molar-refractivity contribution in [2.75, 3.05) is 6.54 Å². The molecule has 0 unspecified atom stereocenters. The molecule has 17 heavy (non-hydrogen) atoms. The second-order valence-corrected chi connectivity index (χ2v) is 6.18. The third-order valence-electron chi connectivity index (χ3n) is 2.73. The zero-order valence-corrected chi connectivity index (χ0v) is 13.4. The van der Waals surface area contributed by atoms with E-state index >= 15 is 0 Å². The molecule has 0 saturated heterocycles. The average Bonchev–Trinajstić information content (AvgIpc) is 3.01. The van der Waals surface area contributed by atoms with Gasteiger partial charge < -0.3 is 15.0 Å². The maximum Gasteiger partial charge on any atom is 0.404 e. The van der Waals surface area contributed by atoms with Gasteiger partial charge in [0.15, 0.2) is 0 Å². The number of halogens is 2. The molecule has 1 aliphatic carbocycles. The first-order chi connectivity index (χ1) is 8.08. The highest BCUT2D eigenvalue weighted by atomic mass is 127. The van der Waals surface area contributed by atoms with Crippen molar-refractivity contribution in [3.8, 4) is 0 Å². The summed E-state index contributed by atoms with van der Waals surface area (Å²) in [5, 5.41) is 10.9. The van der Waals surface area contributed by atoms with Crippen molar-refractivity contribution in [3.05, 3.63) is 13.2 Å². The van der Waals surface area contributed by atoms with Gasteiger partial charge in [0.2, 0.25) is 0 Å². The van der Waals surface area contributed by atoms with Crippen LogP contribution in [0.4, 0.5) is 4.79 Å². The molecule has 94 valence electrons. The first kappa shape index (κ1) is 13.4. The minimum atomic E-state index is -0.974. The van der Waals surface area contributed by atoms with E-state index in [1.807, 2.05) is 0 Å². The minimum Gasteiger partial charge on any atom is -0.465 e. The molecule has 1 aromatic heterocycles. The summed E-state index contributed by atoms with van der Waals surface area (Å²) in [6.45, 7) is 1.08. The van der Waals surface area contributed by atoms with Crippen molar-refractivity contribution >= 4 is 51.3 Å². The Hall–Kier alpha value is -0.0600. The molecule has 5 nitrogen and oxygen atoms in total. The van der Waals surface area contributed by atoms with Crippen molar-refractivity contribution in [2.24, 2.45) is 5.92 Å². The zero-order valence-electron chi connectivity index (χ0n) is 9.12. The lowest BCUT2D eigenvalue weighted by Gasteiger charge is -2.08. The second-order valence-electron chi connectivity index (χ2n) is 4.14. The number of hydrogen-bond donors (Lipinski definition) is 2. The molecule has 1 aliphatic rings. The van der Waals surface area contributed by atoms with Crippen LogP contribution in [0.1, 0.15) is 18.7 Å². The number of carboxylic acid groups (broad SMARTS) is 1. The standard InChI is InChI=1S/C10H13I2N3O2/c11-8-9(12)15(4-3-13-10(16)17)7(14-8)5-6-1-2-6/h6,13H,1-5H2,(H,16,17). The first-order valence-corrected chi connectivity index (χ1v) is 7.61. The Morgan fingerprint density at radius 3 is 2.82 bits per heavy atom. The van der Waals surface area contributed by atoms with Crippen LogP contribution in [0.15, 0.2) is 0 Å². The van der Waals surface area contributed by atoms with E-state index in [4.69, 9.17) is 5.11 Å². The Labute approximate surface area is 127 Å². The Balaban J connectivity index is 2.03. The zero-order chi connectivity index (χ0) is 12.4. The van der Waals surface area contributed by atoms with Crippen LogP contribution >= 0.6 is 45.2 Å². The van der Waals surface area contributed by atoms with Gasteiger partial charge in [0, 0.05) is 19.5 Å². The molecule has 1 aromatic rings. The van der Waals surface area contributed by atoms with E-state index in [9.17, 15) is 4.79 Å². The molecule has 2 rings (SSSR count). The van der Waals surface area contributed by atoms with E-state index in [0.717, 1.165) is 25.6 Å². The van der Waals surface area contributed by atoms with Gasteiger partial charge in [-0.05, 0) is 63.9 Å². The normalized spacial score (nSPS) is 14.9. The van der Waals surface area contributed by atoms with Crippen molar-refractivity contribution in [3.63, 3.8) is 0 Å². The molecule has 0 spiro atoms. The van der Waals surface area contributed by atoms with Gasteiger partial charge >= 0.3 is 6.09 Å². The fourth-order valence-corrected chi connectivity index (χ4v) is 2.89. The summed E-state index contributed by atoms with van der Waals surface area (Å²) in [5.41, 5.74) is 0. The molecule has 0 atom stereocenters. The van der Waals surface area contributed by atoms with Crippen molar-refractivity contribution in [1.82, 2.24) is 14.9 Å². The van der Waals surface area contributed by atoms with Gasteiger partial charge in [0.05, 0.1) is 0 Å². The van der Waals surface area contributed by atoms with E-state index in [2.05, 4.69) is 60.0 Å². The molecule has 1 heterocycles. The van der Waals surface area contributed by atoms with Crippen LogP contribution in [0.3, 0.4) is 0 Å². The van der Waals surface area contributed by atoms with E-state index in [-0.39, 0.29) is 0 Å². The number of nitrogens with zero attached hydrogens (tertiary/aromatic N) is 2. The summed E-state index contributed by atoms with van der Waals surface area (Å²) in [6, 6.07) is 0. The minimum absolute atomic E-state index is 0.426. The third kappa shape index (κ3) is 3.70. The Bertz CT molecular complexity index is 429. The fraction of sp³-hybridized carbons (Fsp3) is 0.600. The van der Waals surface area contributed by atoms with Gasteiger partial charge in [0.1, 0.15) is 13.2 Å². The lowest BCUT2D eigenvalue weighted by atomic mass is 10.3. The maximum atomic E-state index is 10.4. The lowest BCUT2D eigenvalue weighted by Crippen LogP contribution is -2.26. The highest BCUT2D eigenvalue weighted by Crippen LogP contribution is 2.33. The van der Waals surface area contributed by atoms with E-state index in [1.54, 1.807) is 0 Å². The summed E-state index contributed by atoms with van der Waals surface area (Å²) >= 11 is 4.49. The summed E-state index contributed by atoms with van der Waals surface area (Å²) in [4.78, 5) is 15.0. The summed E-state index contributed by atoms with van der Waals surface area (Å²) in [5.74, 6) is 1.88. The molecule has 1 fully saturated rings. The predicted octanol–water partition coefficient (Wildman–Crippen LogP) is 2.31. The molecule has 1 amide bonds. The maximum absolute atomic E-state index is 10.4. The molecule has 2 N–H and O–H groups in total. The summed E-state index contributed by atoms with van der Waals surface area (Å²) < 4.78 is 4.23. The molecule has 0 radical (unpaired) electrons. The largest absolute Gasteiger partial charge is 0.465 e. The van der Waals surface area contributed by atoms with Crippen molar-refractivity contribution in [1.29, 1.82) is 0 Å². The van der Waals surface area contributed by atoms with Crippen LogP contribution in [-0.2, 0) is 13.0 Å². The topological polar surface area (TPSA) is 67.2 Å². The van der Waals surface area contributed by atoms with E-state index in [0.29, 0.717) is 13.1 Å². The quantitative estimate of drug-likeness (QED) is 0.662. The average molecular weight is 461 g/mol. The molecule has 0 aromatic carbocycles. The van der Waals surface area contributed by atoms with Crippen LogP contribution in [0.25, 0.3) is 0 Å². The predicted molar refractivity (Wildman–Crippen MR) is 80.1 cm³/mol. The van der Waals surface area contributed by atoms with Crippen LogP contribution in [0.2, 0.25) is 0 Å². The first-order valence-electron chi connectivity index (χ1n) is 5.45. The molecular formula is C10H13I2N3O2. The van der Waals surface area contributed by atoms with Gasteiger partial charge in [-0.2, -0.15) is 0 Å². The smallest absolute Gasteiger partial charge is 0.404 e. The molecule has 1 saturated carbocycles. The van der Waals surface area contributed by atoms with Crippen LogP contribution in [0, 0.1) is 13.3 Å². The highest BCUT2D eigenvalue weighted by Gasteiger charge is 2.25. The van der Waals surface area contributed by atoms with Gasteiger partial charge in [-0.25, -0.2) is 9.78 Å². The number of imidazole rings is 1.